The largest absolute Gasteiger partial charge is 0.380 e. The third kappa shape index (κ3) is 9.19. The molecule has 0 radical (unpaired) electrons. The first-order valence-electron chi connectivity index (χ1n) is 31.0. The van der Waals surface area contributed by atoms with Crippen molar-refractivity contribution in [3.05, 3.63) is 354 Å². The Morgan fingerprint density at radius 1 is 0.229 bits per heavy atom. The highest BCUT2D eigenvalue weighted by molar-refractivity contribution is 5.98. The molecule has 4 N–H and O–H groups in total. The van der Waals surface area contributed by atoms with E-state index in [2.05, 4.69) is 0 Å². The van der Waals surface area contributed by atoms with E-state index in [-0.39, 0.29) is 56.2 Å². The van der Waals surface area contributed by atoms with Gasteiger partial charge in [-0.15, -0.1) is 0 Å². The van der Waals surface area contributed by atoms with Gasteiger partial charge in [0.25, 0.3) is 22.2 Å². The summed E-state index contributed by atoms with van der Waals surface area (Å²) in [4.78, 5) is 82.1. The molecule has 0 aliphatic rings. The van der Waals surface area contributed by atoms with Crippen molar-refractivity contribution < 1.29 is 20.4 Å². The summed E-state index contributed by atoms with van der Waals surface area (Å²) in [5.74, 6) is 0.929. The van der Waals surface area contributed by atoms with E-state index in [9.17, 15) is 20.4 Å². The Bertz CT molecular complexity index is 5430. The van der Waals surface area contributed by atoms with E-state index in [1.807, 2.05) is 182 Å². The number of nitrogens with zero attached hydrogens (tertiary/aromatic N) is 10. The second kappa shape index (κ2) is 22.6. The predicted molar refractivity (Wildman–Crippen MR) is 368 cm³/mol. The molecule has 0 amide bonds. The normalized spacial score (nSPS) is 13.2. The Hall–Kier alpha value is -12.6. The fourth-order valence-electron chi connectivity index (χ4n) is 13.5. The zero-order valence-electron chi connectivity index (χ0n) is 50.6. The van der Waals surface area contributed by atoms with Gasteiger partial charge in [0, 0.05) is 0 Å². The molecule has 6 aromatic heterocycles. The summed E-state index contributed by atoms with van der Waals surface area (Å²) in [7, 11) is 0. The predicted octanol–water partition coefficient (Wildman–Crippen LogP) is 11.6. The van der Waals surface area contributed by atoms with E-state index in [4.69, 9.17) is 19.9 Å². The van der Waals surface area contributed by atoms with Crippen molar-refractivity contribution in [1.29, 1.82) is 0 Å². The van der Waals surface area contributed by atoms with Crippen LogP contribution in [0.2, 0.25) is 0 Å². The molecule has 17 rings (SSSR count). The van der Waals surface area contributed by atoms with Gasteiger partial charge in [-0.2, -0.15) is 0 Å². The van der Waals surface area contributed by atoms with Gasteiger partial charge >= 0.3 is 0 Å². The minimum atomic E-state index is -1.26. The molecule has 11 aromatic carbocycles. The summed E-state index contributed by atoms with van der Waals surface area (Å²) in [5.41, 5.74) is 5.25. The summed E-state index contributed by atoms with van der Waals surface area (Å²) >= 11 is 0. The molecular weight excluding hydrogens is 1200 g/mol. The molecule has 4 unspecified atom stereocenters. The van der Waals surface area contributed by atoms with Crippen molar-refractivity contribution >= 4 is 65.7 Å². The van der Waals surface area contributed by atoms with Gasteiger partial charge in [0.2, 0.25) is 0 Å². The van der Waals surface area contributed by atoms with Crippen LogP contribution in [0.15, 0.2) is 286 Å². The van der Waals surface area contributed by atoms with Crippen LogP contribution in [0.4, 0.5) is 0 Å². The van der Waals surface area contributed by atoms with Crippen molar-refractivity contribution in [3.63, 3.8) is 0 Å². The van der Waals surface area contributed by atoms with Gasteiger partial charge in [0.1, 0.15) is 47.7 Å². The number of benzene rings is 11. The highest BCUT2D eigenvalue weighted by atomic mass is 16.3. The zero-order valence-corrected chi connectivity index (χ0v) is 50.6. The van der Waals surface area contributed by atoms with Crippen LogP contribution in [-0.4, -0.2) is 67.8 Å². The van der Waals surface area contributed by atoms with Crippen LogP contribution in [0.5, 0.6) is 0 Å². The van der Waals surface area contributed by atoms with E-state index in [0.29, 0.717) is 89.1 Å². The molecule has 0 saturated carbocycles. The highest BCUT2D eigenvalue weighted by Crippen LogP contribution is 2.38. The topological polar surface area (TPSA) is 230 Å². The Balaban J connectivity index is 0.887. The first-order chi connectivity index (χ1) is 46.9. The van der Waals surface area contributed by atoms with Crippen molar-refractivity contribution in [3.8, 4) is 34.1 Å². The molecule has 17 aromatic rings. The van der Waals surface area contributed by atoms with E-state index in [1.165, 1.54) is 12.1 Å². The monoisotopic (exact) mass is 1260 g/mol. The van der Waals surface area contributed by atoms with Crippen molar-refractivity contribution in [2.45, 2.75) is 24.4 Å². The summed E-state index contributed by atoms with van der Waals surface area (Å²) in [6.07, 6.45) is -5.03. The Morgan fingerprint density at radius 3 is 0.635 bits per heavy atom. The van der Waals surface area contributed by atoms with E-state index < -0.39 is 46.7 Å². The van der Waals surface area contributed by atoms with Gasteiger partial charge in [0.15, 0.2) is 0 Å². The molecule has 4 atom stereocenters. The number of rotatable bonds is 14. The Kier molecular flexibility index (Phi) is 13.5. The molecule has 6 heterocycles. The van der Waals surface area contributed by atoms with Crippen LogP contribution in [0, 0.1) is 0 Å². The molecule has 18 heteroatoms. The lowest BCUT2D eigenvalue weighted by Crippen LogP contribution is -2.25. The number of para-hydroxylation sites is 8. The van der Waals surface area contributed by atoms with Gasteiger partial charge in [-0.05, 0) is 119 Å². The fourth-order valence-corrected chi connectivity index (χ4v) is 13.5. The third-order valence-electron chi connectivity index (χ3n) is 18.0. The van der Waals surface area contributed by atoms with Crippen LogP contribution in [0.1, 0.15) is 70.0 Å². The van der Waals surface area contributed by atoms with Crippen LogP contribution in [-0.2, 0) is 0 Å². The lowest BCUT2D eigenvalue weighted by Gasteiger charge is -2.19. The maximum absolute atomic E-state index is 15.6. The average Bonchev–Trinajstić information content (AvgIpc) is 1.60. The van der Waals surface area contributed by atoms with E-state index >= 15 is 19.2 Å². The summed E-state index contributed by atoms with van der Waals surface area (Å²) in [6, 6.07) is 78.5. The van der Waals surface area contributed by atoms with Crippen LogP contribution in [0.25, 0.3) is 99.8 Å². The van der Waals surface area contributed by atoms with Crippen LogP contribution in [0.3, 0.4) is 0 Å². The molecule has 0 aliphatic carbocycles. The summed E-state index contributed by atoms with van der Waals surface area (Å²) in [6.45, 7) is 0. The first kappa shape index (κ1) is 57.3. The lowest BCUT2D eigenvalue weighted by atomic mass is 10.1. The van der Waals surface area contributed by atoms with Gasteiger partial charge in [-0.1, -0.05) is 170 Å². The number of imidazole rings is 4. The smallest absolute Gasteiger partial charge is 0.266 e. The van der Waals surface area contributed by atoms with E-state index in [1.54, 1.807) is 91.1 Å². The van der Waals surface area contributed by atoms with Crippen molar-refractivity contribution in [2.75, 3.05) is 0 Å². The SMILES string of the molecule is O=c1c2cc3c(=O)n(-c4cc(-n5c(C(O)c6ccccc6)nc6ccccc65)cc(-n5c(C(O)c6ccccc6)nc6ccccc65)c4)c(=O)c3cc2c(=O)n1-c1cc(-n2c(C(O)c3ccccc3)nc3ccccc32)cc(-n2c(C(O)c3ccccc3)nc3ccccc32)c1. The molecular formula is C78H52N10O8. The molecule has 0 saturated heterocycles. The number of hydrogen-bond acceptors (Lipinski definition) is 12. The van der Waals surface area contributed by atoms with Gasteiger partial charge < -0.3 is 20.4 Å². The van der Waals surface area contributed by atoms with Gasteiger partial charge in [-0.25, -0.2) is 29.1 Å². The maximum atomic E-state index is 15.6. The molecule has 0 spiro atoms. The zero-order chi connectivity index (χ0) is 65.0. The van der Waals surface area contributed by atoms with Crippen LogP contribution >= 0.6 is 0 Å². The molecule has 0 bridgehead atoms. The number of aliphatic hydroxyl groups excluding tert-OH is 4. The van der Waals surface area contributed by atoms with E-state index in [0.717, 1.165) is 9.13 Å². The number of aromatic nitrogens is 10. The van der Waals surface area contributed by atoms with Gasteiger partial charge in [0.05, 0.1) is 99.8 Å². The summed E-state index contributed by atoms with van der Waals surface area (Å²) in [5, 5.41) is 48.5. The molecule has 0 aliphatic heterocycles. The fraction of sp³-hybridized carbons (Fsp3) is 0.0513. The highest BCUT2D eigenvalue weighted by Gasteiger charge is 2.30. The third-order valence-corrected chi connectivity index (χ3v) is 18.0. The molecule has 18 nitrogen and oxygen atoms in total. The number of hydrogen-bond donors (Lipinski definition) is 4. The maximum Gasteiger partial charge on any atom is 0.266 e. The van der Waals surface area contributed by atoms with Crippen LogP contribution < -0.4 is 22.2 Å². The lowest BCUT2D eigenvalue weighted by molar-refractivity contribution is 0.208. The van der Waals surface area contributed by atoms with Gasteiger partial charge in [-0.3, -0.25) is 37.4 Å². The number of aliphatic hydroxyl groups is 4. The first-order valence-corrected chi connectivity index (χ1v) is 31.0. The second-order valence-corrected chi connectivity index (χ2v) is 23.7. The average molecular weight is 1260 g/mol. The second-order valence-electron chi connectivity index (χ2n) is 23.7. The molecule has 96 heavy (non-hydrogen) atoms. The summed E-state index contributed by atoms with van der Waals surface area (Å²) < 4.78 is 9.09. The minimum absolute atomic E-state index is 0.0703. The Labute approximate surface area is 543 Å². The van der Waals surface area contributed by atoms with Crippen molar-refractivity contribution in [2.24, 2.45) is 0 Å². The number of fused-ring (bicyclic) bond motifs is 6. The molecule has 462 valence electrons. The standard InChI is InChI=1S/C78H52N10O8/c89-67(45-21-5-1-6-22-45)71-79-59-29-13-17-33-63(59)83(71)49-37-50(84-64-34-18-14-30-60(64)80-72(84)68(90)46-23-7-2-8-24-46)40-53(39-49)87-75(93)55-43-57-58(44-56(55)76(87)94)78(96)88(77(57)95)54-41-51(85-65-35-19-15-31-61(65)81-73(85)69(91)47-25-9-3-10-26-47)38-52(42-54)86-66-36-20-16-32-62(66)82-74(86)70(92)48-27-11-4-12-28-48/h1-44,67-70,89-92H. The van der Waals surface area contributed by atoms with Crippen molar-refractivity contribution in [1.82, 2.24) is 47.3 Å². The minimum Gasteiger partial charge on any atom is -0.380 e. The Morgan fingerprint density at radius 2 is 0.417 bits per heavy atom. The quantitative estimate of drug-likeness (QED) is 0.0797. The molecule has 0 fully saturated rings.